The number of rotatable bonds is 10. The van der Waals surface area contributed by atoms with Gasteiger partial charge >= 0.3 is 5.97 Å². The van der Waals surface area contributed by atoms with E-state index in [1.54, 1.807) is 0 Å². The molecule has 0 N–H and O–H groups in total. The van der Waals surface area contributed by atoms with Gasteiger partial charge in [0, 0.05) is 5.57 Å². The number of carbonyl (C=O) groups excluding carboxylic acids is 1. The molecule has 0 unspecified atom stereocenters. The summed E-state index contributed by atoms with van der Waals surface area (Å²) in [4.78, 5) is 11.8. The fourth-order valence-electron chi connectivity index (χ4n) is 1.66. The van der Waals surface area contributed by atoms with E-state index in [0.29, 0.717) is 6.61 Å². The highest BCUT2D eigenvalue weighted by molar-refractivity contribution is 5.88. The minimum Gasteiger partial charge on any atom is -0.462 e. The Morgan fingerprint density at radius 1 is 1.00 bits per heavy atom. The zero-order valence-corrected chi connectivity index (χ0v) is 11.8. The Kier molecular flexibility index (Phi) is 11.1. The molecule has 0 bridgehead atoms. The van der Waals surface area contributed by atoms with Crippen molar-refractivity contribution >= 4 is 5.97 Å². The van der Waals surface area contributed by atoms with Gasteiger partial charge in [0.15, 0.2) is 0 Å². The minimum atomic E-state index is -0.100. The Balaban J connectivity index is 3.89. The third-order valence-electron chi connectivity index (χ3n) is 2.69. The standard InChI is InChI=1S/C15H28O2/c1-4-7-9-10-13-17-15(16)14(11-6-3)12-8-5-2/h12H,4-11,13H2,1-3H3/b14-12+. The maximum absolute atomic E-state index is 11.8. The molecular formula is C15H28O2. The Morgan fingerprint density at radius 3 is 2.35 bits per heavy atom. The number of carbonyl (C=O) groups is 1. The highest BCUT2D eigenvalue weighted by Gasteiger charge is 2.09. The summed E-state index contributed by atoms with van der Waals surface area (Å²) in [5, 5.41) is 0. The predicted octanol–water partition coefficient (Wildman–Crippen LogP) is 4.64. The number of hydrogen-bond donors (Lipinski definition) is 0. The first-order valence-electron chi connectivity index (χ1n) is 7.12. The van der Waals surface area contributed by atoms with Crippen LogP contribution in [0.25, 0.3) is 0 Å². The van der Waals surface area contributed by atoms with Crippen molar-refractivity contribution in [1.82, 2.24) is 0 Å². The van der Waals surface area contributed by atoms with E-state index in [4.69, 9.17) is 4.74 Å². The van der Waals surface area contributed by atoms with Crippen LogP contribution in [0, 0.1) is 0 Å². The molecule has 0 rings (SSSR count). The van der Waals surface area contributed by atoms with E-state index in [2.05, 4.69) is 20.8 Å². The summed E-state index contributed by atoms with van der Waals surface area (Å²) in [6, 6.07) is 0. The van der Waals surface area contributed by atoms with Gasteiger partial charge in [0.05, 0.1) is 6.61 Å². The number of ether oxygens (including phenoxy) is 1. The van der Waals surface area contributed by atoms with Gasteiger partial charge in [0.2, 0.25) is 0 Å². The molecule has 0 heterocycles. The number of esters is 1. The van der Waals surface area contributed by atoms with E-state index in [1.807, 2.05) is 6.08 Å². The molecule has 0 aliphatic carbocycles. The fraction of sp³-hybridized carbons (Fsp3) is 0.800. The van der Waals surface area contributed by atoms with Crippen LogP contribution in [0.1, 0.15) is 72.1 Å². The lowest BCUT2D eigenvalue weighted by Gasteiger charge is -2.07. The zero-order valence-electron chi connectivity index (χ0n) is 11.8. The van der Waals surface area contributed by atoms with Gasteiger partial charge in [-0.3, -0.25) is 0 Å². The second-order valence-electron chi connectivity index (χ2n) is 4.46. The summed E-state index contributed by atoms with van der Waals surface area (Å²) in [6.07, 6.45) is 10.5. The molecular weight excluding hydrogens is 212 g/mol. The molecule has 0 saturated carbocycles. The molecule has 0 amide bonds. The van der Waals surface area contributed by atoms with Crippen LogP contribution < -0.4 is 0 Å². The van der Waals surface area contributed by atoms with Gasteiger partial charge < -0.3 is 4.74 Å². The van der Waals surface area contributed by atoms with E-state index in [1.165, 1.54) is 12.8 Å². The van der Waals surface area contributed by atoms with Gasteiger partial charge in [0.1, 0.15) is 0 Å². The molecule has 0 aromatic carbocycles. The summed E-state index contributed by atoms with van der Waals surface area (Å²) in [7, 11) is 0. The molecule has 0 spiro atoms. The second-order valence-corrected chi connectivity index (χ2v) is 4.46. The van der Waals surface area contributed by atoms with E-state index in [9.17, 15) is 4.79 Å². The number of unbranched alkanes of at least 4 members (excludes halogenated alkanes) is 4. The summed E-state index contributed by atoms with van der Waals surface area (Å²) in [5.74, 6) is -0.100. The van der Waals surface area contributed by atoms with Crippen molar-refractivity contribution in [3.8, 4) is 0 Å². The topological polar surface area (TPSA) is 26.3 Å². The number of hydrogen-bond acceptors (Lipinski definition) is 2. The maximum atomic E-state index is 11.8. The lowest BCUT2D eigenvalue weighted by molar-refractivity contribution is -0.139. The average molecular weight is 240 g/mol. The van der Waals surface area contributed by atoms with Gasteiger partial charge in [-0.1, -0.05) is 59.0 Å². The Morgan fingerprint density at radius 2 is 1.76 bits per heavy atom. The van der Waals surface area contributed by atoms with E-state index < -0.39 is 0 Å². The smallest absolute Gasteiger partial charge is 0.333 e. The molecule has 0 aliphatic heterocycles. The van der Waals surface area contributed by atoms with Crippen molar-refractivity contribution in [2.75, 3.05) is 6.61 Å². The van der Waals surface area contributed by atoms with Crippen LogP contribution in [0.15, 0.2) is 11.6 Å². The van der Waals surface area contributed by atoms with Crippen LogP contribution in [0.2, 0.25) is 0 Å². The molecule has 0 aromatic rings. The first kappa shape index (κ1) is 16.2. The molecule has 0 aromatic heterocycles. The Hall–Kier alpha value is -0.790. The van der Waals surface area contributed by atoms with Gasteiger partial charge in [-0.15, -0.1) is 0 Å². The third kappa shape index (κ3) is 8.96. The first-order chi connectivity index (χ1) is 8.26. The molecule has 17 heavy (non-hydrogen) atoms. The zero-order chi connectivity index (χ0) is 12.9. The molecule has 0 aliphatic rings. The van der Waals surface area contributed by atoms with Gasteiger partial charge in [0.25, 0.3) is 0 Å². The van der Waals surface area contributed by atoms with Gasteiger partial charge in [-0.2, -0.15) is 0 Å². The highest BCUT2D eigenvalue weighted by atomic mass is 16.5. The minimum absolute atomic E-state index is 0.100. The molecule has 0 atom stereocenters. The summed E-state index contributed by atoms with van der Waals surface area (Å²) >= 11 is 0. The van der Waals surface area contributed by atoms with E-state index >= 15 is 0 Å². The molecule has 2 heteroatoms. The SMILES string of the molecule is CCC/C=C(\CCC)C(=O)OCCCCCC. The van der Waals surface area contributed by atoms with Crippen molar-refractivity contribution in [2.45, 2.75) is 72.1 Å². The molecule has 0 radical (unpaired) electrons. The van der Waals surface area contributed by atoms with Crippen LogP contribution in [0.3, 0.4) is 0 Å². The lowest BCUT2D eigenvalue weighted by Crippen LogP contribution is -2.09. The summed E-state index contributed by atoms with van der Waals surface area (Å²) in [6.45, 7) is 6.97. The molecule has 100 valence electrons. The van der Waals surface area contributed by atoms with Crippen molar-refractivity contribution in [3.63, 3.8) is 0 Å². The summed E-state index contributed by atoms with van der Waals surface area (Å²) in [5.41, 5.74) is 0.866. The van der Waals surface area contributed by atoms with Crippen LogP contribution >= 0.6 is 0 Å². The Labute approximate surface area is 106 Å². The van der Waals surface area contributed by atoms with Gasteiger partial charge in [-0.05, 0) is 19.3 Å². The normalized spacial score (nSPS) is 11.6. The first-order valence-corrected chi connectivity index (χ1v) is 7.12. The quantitative estimate of drug-likeness (QED) is 0.316. The fourth-order valence-corrected chi connectivity index (χ4v) is 1.66. The molecule has 0 saturated heterocycles. The monoisotopic (exact) mass is 240 g/mol. The second kappa shape index (κ2) is 11.7. The van der Waals surface area contributed by atoms with Crippen LogP contribution in [-0.4, -0.2) is 12.6 Å². The maximum Gasteiger partial charge on any atom is 0.333 e. The van der Waals surface area contributed by atoms with Crippen LogP contribution in [-0.2, 0) is 9.53 Å². The lowest BCUT2D eigenvalue weighted by atomic mass is 10.1. The third-order valence-corrected chi connectivity index (χ3v) is 2.69. The van der Waals surface area contributed by atoms with E-state index in [-0.39, 0.29) is 5.97 Å². The Bertz CT molecular complexity index is 219. The predicted molar refractivity (Wildman–Crippen MR) is 73.0 cm³/mol. The largest absolute Gasteiger partial charge is 0.462 e. The number of allylic oxidation sites excluding steroid dienone is 1. The van der Waals surface area contributed by atoms with Crippen molar-refractivity contribution in [2.24, 2.45) is 0 Å². The van der Waals surface area contributed by atoms with Crippen molar-refractivity contribution in [3.05, 3.63) is 11.6 Å². The molecule has 2 nitrogen and oxygen atoms in total. The van der Waals surface area contributed by atoms with Crippen molar-refractivity contribution < 1.29 is 9.53 Å². The van der Waals surface area contributed by atoms with Crippen molar-refractivity contribution in [1.29, 1.82) is 0 Å². The van der Waals surface area contributed by atoms with E-state index in [0.717, 1.165) is 44.1 Å². The average Bonchev–Trinajstić information content (AvgIpc) is 2.34. The highest BCUT2D eigenvalue weighted by Crippen LogP contribution is 2.10. The molecule has 0 fully saturated rings. The summed E-state index contributed by atoms with van der Waals surface area (Å²) < 4.78 is 5.29. The van der Waals surface area contributed by atoms with Crippen LogP contribution in [0.5, 0.6) is 0 Å². The van der Waals surface area contributed by atoms with Crippen LogP contribution in [0.4, 0.5) is 0 Å². The van der Waals surface area contributed by atoms with Gasteiger partial charge in [-0.25, -0.2) is 4.79 Å².